The van der Waals surface area contributed by atoms with Gasteiger partial charge in [0.1, 0.15) is 5.76 Å². The van der Waals surface area contributed by atoms with Gasteiger partial charge in [0.05, 0.1) is 11.5 Å². The van der Waals surface area contributed by atoms with E-state index in [1.165, 1.54) is 0 Å². The summed E-state index contributed by atoms with van der Waals surface area (Å²) in [4.78, 5) is 18.1. The lowest BCUT2D eigenvalue weighted by molar-refractivity contribution is 0.0770. The van der Waals surface area contributed by atoms with Crippen LogP contribution in [0.3, 0.4) is 0 Å². The summed E-state index contributed by atoms with van der Waals surface area (Å²) < 4.78 is 28.8. The number of furan rings is 1. The van der Waals surface area contributed by atoms with Crippen LogP contribution in [0.1, 0.15) is 10.4 Å². The topological polar surface area (TPSA) is 135 Å². The molecule has 0 atom stereocenters. The number of sulfone groups is 1. The van der Waals surface area contributed by atoms with E-state index in [0.29, 0.717) is 22.9 Å². The Hall–Kier alpha value is -3.14. The van der Waals surface area contributed by atoms with Crippen molar-refractivity contribution >= 4 is 21.7 Å². The molecule has 1 aliphatic heterocycles. The predicted molar refractivity (Wildman–Crippen MR) is 98.5 cm³/mol. The third-order valence-corrected chi connectivity index (χ3v) is 6.00. The molecule has 140 valence electrons. The number of H-pyrrole nitrogens is 1. The molecule has 1 saturated heterocycles. The maximum absolute atomic E-state index is 12.5. The molecule has 9 nitrogen and oxygen atoms in total. The number of carbonyl (C=O) groups is 1. The molecular weight excluding hydrogens is 370 g/mol. The molecule has 10 heteroatoms. The highest BCUT2D eigenvalue weighted by Crippen LogP contribution is 2.27. The minimum Gasteiger partial charge on any atom is -0.453 e. The Morgan fingerprint density at radius 1 is 1.07 bits per heavy atom. The van der Waals surface area contributed by atoms with Crippen LogP contribution in [0, 0.1) is 0 Å². The van der Waals surface area contributed by atoms with E-state index < -0.39 is 9.84 Å². The van der Waals surface area contributed by atoms with Crippen LogP contribution in [0.25, 0.3) is 22.9 Å². The maximum Gasteiger partial charge on any atom is 0.253 e. The molecule has 0 bridgehead atoms. The van der Waals surface area contributed by atoms with Gasteiger partial charge < -0.3 is 15.1 Å². The first-order valence-corrected chi connectivity index (χ1v) is 10.1. The normalized spacial score (nSPS) is 16.4. The number of carbonyl (C=O) groups excluding carboxylic acids is 1. The van der Waals surface area contributed by atoms with Gasteiger partial charge in [-0.2, -0.15) is 4.98 Å². The van der Waals surface area contributed by atoms with Gasteiger partial charge in [-0.3, -0.25) is 9.89 Å². The smallest absolute Gasteiger partial charge is 0.253 e. The maximum atomic E-state index is 12.5. The SMILES string of the molecule is Nc1n[nH]c(-c2ccc(-c3ccc(C(=O)N4CCS(=O)(=O)CC4)cc3)o2)n1. The van der Waals surface area contributed by atoms with Gasteiger partial charge in [0.2, 0.25) is 5.95 Å². The zero-order valence-electron chi connectivity index (χ0n) is 14.3. The Morgan fingerprint density at radius 2 is 1.74 bits per heavy atom. The van der Waals surface area contributed by atoms with Gasteiger partial charge in [-0.25, -0.2) is 8.42 Å². The molecule has 27 heavy (non-hydrogen) atoms. The number of aromatic nitrogens is 3. The van der Waals surface area contributed by atoms with Crippen LogP contribution >= 0.6 is 0 Å². The minimum absolute atomic E-state index is 0.0121. The minimum atomic E-state index is -3.02. The highest BCUT2D eigenvalue weighted by Gasteiger charge is 2.25. The molecule has 0 radical (unpaired) electrons. The van der Waals surface area contributed by atoms with Crippen LogP contribution in [0.4, 0.5) is 5.95 Å². The van der Waals surface area contributed by atoms with Crippen LogP contribution in [-0.2, 0) is 9.84 Å². The third kappa shape index (κ3) is 3.56. The van der Waals surface area contributed by atoms with E-state index in [1.807, 2.05) is 0 Å². The van der Waals surface area contributed by atoms with E-state index in [4.69, 9.17) is 10.2 Å². The first-order chi connectivity index (χ1) is 12.9. The highest BCUT2D eigenvalue weighted by molar-refractivity contribution is 7.91. The van der Waals surface area contributed by atoms with E-state index in [1.54, 1.807) is 41.3 Å². The summed E-state index contributed by atoms with van der Waals surface area (Å²) in [7, 11) is -3.02. The lowest BCUT2D eigenvalue weighted by atomic mass is 10.1. The van der Waals surface area contributed by atoms with Crippen LogP contribution in [-0.4, -0.2) is 59.0 Å². The molecule has 0 saturated carbocycles. The molecule has 3 N–H and O–H groups in total. The quantitative estimate of drug-likeness (QED) is 0.689. The van der Waals surface area contributed by atoms with Crippen LogP contribution in [0.5, 0.6) is 0 Å². The fourth-order valence-corrected chi connectivity index (χ4v) is 4.08. The number of aromatic amines is 1. The van der Waals surface area contributed by atoms with Crippen molar-refractivity contribution in [2.45, 2.75) is 0 Å². The van der Waals surface area contributed by atoms with Crippen molar-refractivity contribution in [3.8, 4) is 22.9 Å². The Balaban J connectivity index is 1.49. The fraction of sp³-hybridized carbons (Fsp3) is 0.235. The molecule has 3 aromatic rings. The first-order valence-electron chi connectivity index (χ1n) is 8.29. The number of nitrogens with two attached hydrogens (primary N) is 1. The monoisotopic (exact) mass is 387 g/mol. The molecule has 3 heterocycles. The molecule has 4 rings (SSSR count). The van der Waals surface area contributed by atoms with Crippen molar-refractivity contribution < 1.29 is 17.6 Å². The second kappa shape index (κ2) is 6.54. The molecule has 0 spiro atoms. The summed E-state index contributed by atoms with van der Waals surface area (Å²) in [6.07, 6.45) is 0. The lowest BCUT2D eigenvalue weighted by Gasteiger charge is -2.26. The number of nitrogens with zero attached hydrogens (tertiary/aromatic N) is 3. The average Bonchev–Trinajstić information content (AvgIpc) is 3.30. The number of hydrogen-bond acceptors (Lipinski definition) is 7. The van der Waals surface area contributed by atoms with Crippen LogP contribution < -0.4 is 5.73 Å². The first kappa shape index (κ1) is 17.3. The van der Waals surface area contributed by atoms with Crippen LogP contribution in [0.2, 0.25) is 0 Å². The van der Waals surface area contributed by atoms with Crippen molar-refractivity contribution in [1.82, 2.24) is 20.1 Å². The molecule has 0 unspecified atom stereocenters. The summed E-state index contributed by atoms with van der Waals surface area (Å²) in [5.74, 6) is 1.54. The Bertz CT molecular complexity index is 1070. The van der Waals surface area contributed by atoms with E-state index in [0.717, 1.165) is 5.56 Å². The number of nitrogen functional groups attached to an aromatic ring is 1. The highest BCUT2D eigenvalue weighted by atomic mass is 32.2. The molecule has 1 fully saturated rings. The van der Waals surface area contributed by atoms with E-state index in [9.17, 15) is 13.2 Å². The molecule has 0 aliphatic carbocycles. The van der Waals surface area contributed by atoms with Crippen LogP contribution in [0.15, 0.2) is 40.8 Å². The summed E-state index contributed by atoms with van der Waals surface area (Å²) in [5.41, 5.74) is 6.80. The molecule has 2 aromatic heterocycles. The number of amides is 1. The largest absolute Gasteiger partial charge is 0.453 e. The zero-order valence-corrected chi connectivity index (χ0v) is 15.1. The molecule has 1 aliphatic rings. The Kier molecular flexibility index (Phi) is 4.19. The summed E-state index contributed by atoms with van der Waals surface area (Å²) >= 11 is 0. The molecule has 1 aromatic carbocycles. The summed E-state index contributed by atoms with van der Waals surface area (Å²) in [6.45, 7) is 0.454. The Labute approximate surface area is 155 Å². The van der Waals surface area contributed by atoms with E-state index >= 15 is 0 Å². The van der Waals surface area contributed by atoms with E-state index in [-0.39, 0.29) is 36.5 Å². The number of hydrogen-bond donors (Lipinski definition) is 2. The van der Waals surface area contributed by atoms with Crippen molar-refractivity contribution in [2.75, 3.05) is 30.3 Å². The van der Waals surface area contributed by atoms with Gasteiger partial charge in [0.15, 0.2) is 21.4 Å². The van der Waals surface area contributed by atoms with Gasteiger partial charge in [0.25, 0.3) is 5.91 Å². The number of nitrogens with one attached hydrogen (secondary N) is 1. The van der Waals surface area contributed by atoms with Crippen molar-refractivity contribution in [2.24, 2.45) is 0 Å². The van der Waals surface area contributed by atoms with E-state index in [2.05, 4.69) is 15.2 Å². The number of anilines is 1. The van der Waals surface area contributed by atoms with Gasteiger partial charge >= 0.3 is 0 Å². The Morgan fingerprint density at radius 3 is 2.37 bits per heavy atom. The lowest BCUT2D eigenvalue weighted by Crippen LogP contribution is -2.43. The zero-order chi connectivity index (χ0) is 19.0. The average molecular weight is 387 g/mol. The summed E-state index contributed by atoms with van der Waals surface area (Å²) in [5, 5.41) is 6.44. The van der Waals surface area contributed by atoms with Crippen molar-refractivity contribution in [1.29, 1.82) is 0 Å². The molecular formula is C17H17N5O4S. The predicted octanol–water partition coefficient (Wildman–Crippen LogP) is 1.18. The third-order valence-electron chi connectivity index (χ3n) is 4.39. The van der Waals surface area contributed by atoms with Gasteiger partial charge in [-0.05, 0) is 24.3 Å². The number of benzene rings is 1. The fourth-order valence-electron chi connectivity index (χ4n) is 2.88. The van der Waals surface area contributed by atoms with Crippen molar-refractivity contribution in [3.63, 3.8) is 0 Å². The van der Waals surface area contributed by atoms with Gasteiger partial charge in [0, 0.05) is 24.2 Å². The second-order valence-electron chi connectivity index (χ2n) is 6.23. The van der Waals surface area contributed by atoms with Gasteiger partial charge in [-0.15, -0.1) is 5.10 Å². The van der Waals surface area contributed by atoms with Crippen molar-refractivity contribution in [3.05, 3.63) is 42.0 Å². The van der Waals surface area contributed by atoms with Gasteiger partial charge in [-0.1, -0.05) is 12.1 Å². The second-order valence-corrected chi connectivity index (χ2v) is 8.53. The number of rotatable bonds is 3. The standard InChI is InChI=1S/C17H17N5O4S/c18-17-19-15(20-21-17)14-6-5-13(26-14)11-1-3-12(4-2-11)16(23)22-7-9-27(24,25)10-8-22/h1-6H,7-10H2,(H3,18,19,20,21). The summed E-state index contributed by atoms with van der Waals surface area (Å²) in [6, 6.07) is 10.5. The molecule has 1 amide bonds.